The SMILES string of the molecule is NC1CCC(C(=O)Nc2cccc(OCc3ccccn3)c2)C1. The molecule has 5 nitrogen and oxygen atoms in total. The summed E-state index contributed by atoms with van der Waals surface area (Å²) in [4.78, 5) is 16.5. The highest BCUT2D eigenvalue weighted by Crippen LogP contribution is 2.26. The zero-order chi connectivity index (χ0) is 16.1. The third kappa shape index (κ3) is 4.29. The van der Waals surface area contributed by atoms with Crippen molar-refractivity contribution in [2.45, 2.75) is 31.9 Å². The van der Waals surface area contributed by atoms with Gasteiger partial charge in [-0.25, -0.2) is 0 Å². The molecule has 1 saturated carbocycles. The van der Waals surface area contributed by atoms with E-state index in [2.05, 4.69) is 10.3 Å². The van der Waals surface area contributed by atoms with Crippen LogP contribution in [0.2, 0.25) is 0 Å². The van der Waals surface area contributed by atoms with E-state index in [1.165, 1.54) is 0 Å². The average molecular weight is 311 g/mol. The molecular weight excluding hydrogens is 290 g/mol. The fourth-order valence-electron chi connectivity index (χ4n) is 2.80. The Hall–Kier alpha value is -2.40. The number of nitrogens with one attached hydrogen (secondary N) is 1. The number of aromatic nitrogens is 1. The highest BCUT2D eigenvalue weighted by Gasteiger charge is 2.27. The van der Waals surface area contributed by atoms with Crippen molar-refractivity contribution in [1.82, 2.24) is 4.98 Å². The number of hydrogen-bond donors (Lipinski definition) is 2. The normalized spacial score (nSPS) is 20.2. The summed E-state index contributed by atoms with van der Waals surface area (Å²) in [6.07, 6.45) is 4.29. The first-order chi connectivity index (χ1) is 11.2. The lowest BCUT2D eigenvalue weighted by molar-refractivity contribution is -0.119. The van der Waals surface area contributed by atoms with Crippen LogP contribution in [0.15, 0.2) is 48.7 Å². The largest absolute Gasteiger partial charge is 0.487 e. The summed E-state index contributed by atoms with van der Waals surface area (Å²) in [5.74, 6) is 0.763. The molecule has 1 aliphatic rings. The third-order valence-corrected chi connectivity index (χ3v) is 4.06. The van der Waals surface area contributed by atoms with Crippen molar-refractivity contribution in [2.24, 2.45) is 11.7 Å². The van der Waals surface area contributed by atoms with Crippen LogP contribution in [0.25, 0.3) is 0 Å². The van der Waals surface area contributed by atoms with Gasteiger partial charge in [0.05, 0.1) is 5.69 Å². The molecule has 0 bridgehead atoms. The molecule has 2 atom stereocenters. The summed E-state index contributed by atoms with van der Waals surface area (Å²) in [5, 5.41) is 2.95. The van der Waals surface area contributed by atoms with E-state index in [1.54, 1.807) is 6.20 Å². The molecule has 5 heteroatoms. The van der Waals surface area contributed by atoms with Gasteiger partial charge in [-0.15, -0.1) is 0 Å². The van der Waals surface area contributed by atoms with E-state index in [-0.39, 0.29) is 17.9 Å². The maximum atomic E-state index is 12.2. The van der Waals surface area contributed by atoms with Crippen molar-refractivity contribution in [3.8, 4) is 5.75 Å². The van der Waals surface area contributed by atoms with E-state index >= 15 is 0 Å². The van der Waals surface area contributed by atoms with Gasteiger partial charge in [-0.3, -0.25) is 9.78 Å². The van der Waals surface area contributed by atoms with Gasteiger partial charge in [0.25, 0.3) is 0 Å². The Bertz CT molecular complexity index is 660. The zero-order valence-electron chi connectivity index (χ0n) is 12.9. The first kappa shape index (κ1) is 15.5. The van der Waals surface area contributed by atoms with Gasteiger partial charge in [-0.05, 0) is 43.5 Å². The van der Waals surface area contributed by atoms with E-state index in [0.29, 0.717) is 12.4 Å². The second kappa shape index (κ2) is 7.24. The summed E-state index contributed by atoms with van der Waals surface area (Å²) in [7, 11) is 0. The van der Waals surface area contributed by atoms with Crippen molar-refractivity contribution in [2.75, 3.05) is 5.32 Å². The summed E-state index contributed by atoms with van der Waals surface area (Å²) < 4.78 is 5.72. The van der Waals surface area contributed by atoms with Crippen molar-refractivity contribution < 1.29 is 9.53 Å². The molecule has 1 aromatic carbocycles. The fraction of sp³-hybridized carbons (Fsp3) is 0.333. The van der Waals surface area contributed by atoms with E-state index in [0.717, 1.165) is 30.6 Å². The second-order valence-corrected chi connectivity index (χ2v) is 5.90. The molecule has 0 radical (unpaired) electrons. The van der Waals surface area contributed by atoms with Crippen LogP contribution >= 0.6 is 0 Å². The molecule has 1 fully saturated rings. The smallest absolute Gasteiger partial charge is 0.227 e. The highest BCUT2D eigenvalue weighted by molar-refractivity contribution is 5.92. The minimum atomic E-state index is 0.0168. The van der Waals surface area contributed by atoms with Gasteiger partial charge in [-0.1, -0.05) is 12.1 Å². The summed E-state index contributed by atoms with van der Waals surface area (Å²) in [6, 6.07) is 13.3. The molecule has 1 aromatic heterocycles. The Morgan fingerprint density at radius 3 is 2.91 bits per heavy atom. The van der Waals surface area contributed by atoms with Gasteiger partial charge in [0.2, 0.25) is 5.91 Å². The molecule has 3 rings (SSSR count). The number of carbonyl (C=O) groups excluding carboxylic acids is 1. The fourth-order valence-corrected chi connectivity index (χ4v) is 2.80. The van der Waals surface area contributed by atoms with E-state index in [1.807, 2.05) is 42.5 Å². The number of benzene rings is 1. The van der Waals surface area contributed by atoms with Gasteiger partial charge in [0, 0.05) is 29.9 Å². The van der Waals surface area contributed by atoms with Gasteiger partial charge >= 0.3 is 0 Å². The Labute approximate surface area is 135 Å². The molecule has 1 amide bonds. The van der Waals surface area contributed by atoms with Gasteiger partial charge in [-0.2, -0.15) is 0 Å². The number of amides is 1. The molecule has 2 unspecified atom stereocenters. The molecule has 0 spiro atoms. The second-order valence-electron chi connectivity index (χ2n) is 5.90. The monoisotopic (exact) mass is 311 g/mol. The number of pyridine rings is 1. The quantitative estimate of drug-likeness (QED) is 0.890. The molecular formula is C18H21N3O2. The minimum absolute atomic E-state index is 0.0168. The Morgan fingerprint density at radius 1 is 1.26 bits per heavy atom. The molecule has 0 saturated heterocycles. The summed E-state index contributed by atoms with van der Waals surface area (Å²) in [6.45, 7) is 0.399. The van der Waals surface area contributed by atoms with Gasteiger partial charge in [0.1, 0.15) is 12.4 Å². The van der Waals surface area contributed by atoms with Crippen molar-refractivity contribution in [3.05, 3.63) is 54.4 Å². The number of carbonyl (C=O) groups is 1. The molecule has 23 heavy (non-hydrogen) atoms. The lowest BCUT2D eigenvalue weighted by atomic mass is 10.1. The molecule has 2 aromatic rings. The predicted octanol–water partition coefficient (Wildman–Crippen LogP) is 2.73. The first-order valence-electron chi connectivity index (χ1n) is 7.90. The van der Waals surface area contributed by atoms with Gasteiger partial charge < -0.3 is 15.8 Å². The average Bonchev–Trinajstić information content (AvgIpc) is 3.01. The number of anilines is 1. The molecule has 0 aliphatic heterocycles. The predicted molar refractivity (Wildman–Crippen MR) is 89.0 cm³/mol. The zero-order valence-corrected chi connectivity index (χ0v) is 12.9. The van der Waals surface area contributed by atoms with Crippen molar-refractivity contribution in [1.29, 1.82) is 0 Å². The van der Waals surface area contributed by atoms with Crippen LogP contribution in [0.1, 0.15) is 25.0 Å². The van der Waals surface area contributed by atoms with Crippen LogP contribution in [-0.4, -0.2) is 16.9 Å². The standard InChI is InChI=1S/C18H21N3O2/c19-14-8-7-13(10-14)18(22)21-15-5-3-6-17(11-15)23-12-16-4-1-2-9-20-16/h1-6,9,11,13-14H,7-8,10,12,19H2,(H,21,22). The molecule has 1 aliphatic carbocycles. The topological polar surface area (TPSA) is 77.2 Å². The maximum Gasteiger partial charge on any atom is 0.227 e. The van der Waals surface area contributed by atoms with Crippen molar-refractivity contribution >= 4 is 11.6 Å². The molecule has 1 heterocycles. The van der Waals surface area contributed by atoms with Crippen LogP contribution in [0.5, 0.6) is 5.75 Å². The Kier molecular flexibility index (Phi) is 4.88. The minimum Gasteiger partial charge on any atom is -0.487 e. The van der Waals surface area contributed by atoms with E-state index in [9.17, 15) is 4.79 Å². The number of rotatable bonds is 5. The third-order valence-electron chi connectivity index (χ3n) is 4.06. The Balaban J connectivity index is 1.57. The number of hydrogen-bond acceptors (Lipinski definition) is 4. The van der Waals surface area contributed by atoms with Crippen LogP contribution in [-0.2, 0) is 11.4 Å². The first-order valence-corrected chi connectivity index (χ1v) is 7.90. The van der Waals surface area contributed by atoms with E-state index < -0.39 is 0 Å². The van der Waals surface area contributed by atoms with Crippen LogP contribution in [0, 0.1) is 5.92 Å². The Morgan fingerprint density at radius 2 is 2.17 bits per heavy atom. The maximum absolute atomic E-state index is 12.2. The summed E-state index contributed by atoms with van der Waals surface area (Å²) in [5.41, 5.74) is 7.48. The van der Waals surface area contributed by atoms with Crippen LogP contribution < -0.4 is 15.8 Å². The lowest BCUT2D eigenvalue weighted by Crippen LogP contribution is -2.23. The molecule has 120 valence electrons. The summed E-state index contributed by atoms with van der Waals surface area (Å²) >= 11 is 0. The van der Waals surface area contributed by atoms with E-state index in [4.69, 9.17) is 10.5 Å². The number of nitrogens with two attached hydrogens (primary N) is 1. The number of nitrogens with zero attached hydrogens (tertiary/aromatic N) is 1. The number of ether oxygens (including phenoxy) is 1. The van der Waals surface area contributed by atoms with Crippen molar-refractivity contribution in [3.63, 3.8) is 0 Å². The van der Waals surface area contributed by atoms with Crippen LogP contribution in [0.3, 0.4) is 0 Å². The van der Waals surface area contributed by atoms with Gasteiger partial charge in [0.15, 0.2) is 0 Å². The molecule has 3 N–H and O–H groups in total. The highest BCUT2D eigenvalue weighted by atomic mass is 16.5. The lowest BCUT2D eigenvalue weighted by Gasteiger charge is -2.12. The van der Waals surface area contributed by atoms with Crippen LogP contribution in [0.4, 0.5) is 5.69 Å².